The van der Waals surface area contributed by atoms with Crippen LogP contribution in [0.25, 0.3) is 0 Å². The van der Waals surface area contributed by atoms with Gasteiger partial charge in [0.15, 0.2) is 11.6 Å². The molecule has 1 atom stereocenters. The first-order valence-electron chi connectivity index (χ1n) is 7.14. The smallest absolute Gasteiger partial charge is 0.168 e. The minimum Gasteiger partial charge on any atom is -0.494 e. The molecule has 3 heteroatoms. The van der Waals surface area contributed by atoms with Gasteiger partial charge in [-0.1, -0.05) is 32.9 Å². The fourth-order valence-electron chi connectivity index (χ4n) is 2.22. The van der Waals surface area contributed by atoms with Crippen LogP contribution in [-0.2, 0) is 6.42 Å². The van der Waals surface area contributed by atoms with E-state index in [-0.39, 0.29) is 5.82 Å². The van der Waals surface area contributed by atoms with Crippen molar-refractivity contribution in [1.82, 2.24) is 5.32 Å². The molecule has 2 nitrogen and oxygen atoms in total. The predicted molar refractivity (Wildman–Crippen MR) is 78.2 cm³/mol. The molecule has 0 aliphatic carbocycles. The standard InChI is InChI=1S/C16H26FNO/c1-5-11-18-14(12(2)3)10-9-13-7-6-8-15(19-4)16(13)17/h6-8,12,14,18H,5,9-11H2,1-4H3. The van der Waals surface area contributed by atoms with Crippen molar-refractivity contribution in [2.24, 2.45) is 5.92 Å². The quantitative estimate of drug-likeness (QED) is 0.773. The molecule has 0 spiro atoms. The van der Waals surface area contributed by atoms with Crippen molar-refractivity contribution < 1.29 is 9.13 Å². The van der Waals surface area contributed by atoms with Gasteiger partial charge in [-0.3, -0.25) is 0 Å². The fourth-order valence-corrected chi connectivity index (χ4v) is 2.22. The van der Waals surface area contributed by atoms with Crippen LogP contribution in [0.2, 0.25) is 0 Å². The number of nitrogens with one attached hydrogen (secondary N) is 1. The highest BCUT2D eigenvalue weighted by atomic mass is 19.1. The average molecular weight is 267 g/mol. The summed E-state index contributed by atoms with van der Waals surface area (Å²) in [6, 6.07) is 5.79. The molecule has 0 amide bonds. The molecule has 0 aliphatic rings. The number of benzene rings is 1. The fraction of sp³-hybridized carbons (Fsp3) is 0.625. The van der Waals surface area contributed by atoms with E-state index in [1.54, 1.807) is 6.07 Å². The molecule has 0 bridgehead atoms. The lowest BCUT2D eigenvalue weighted by atomic mass is 9.96. The molecule has 0 saturated carbocycles. The molecule has 1 unspecified atom stereocenters. The monoisotopic (exact) mass is 267 g/mol. The molecule has 1 aromatic carbocycles. The summed E-state index contributed by atoms with van der Waals surface area (Å²) in [4.78, 5) is 0. The van der Waals surface area contributed by atoms with Crippen LogP contribution in [0, 0.1) is 11.7 Å². The summed E-state index contributed by atoms with van der Waals surface area (Å²) in [5.74, 6) is 0.670. The van der Waals surface area contributed by atoms with Crippen LogP contribution in [0.4, 0.5) is 4.39 Å². The second-order valence-electron chi connectivity index (χ2n) is 5.28. The minimum absolute atomic E-state index is 0.219. The lowest BCUT2D eigenvalue weighted by Gasteiger charge is -2.22. The second-order valence-corrected chi connectivity index (χ2v) is 5.28. The van der Waals surface area contributed by atoms with Crippen molar-refractivity contribution in [2.45, 2.75) is 46.1 Å². The van der Waals surface area contributed by atoms with E-state index >= 15 is 0 Å². The third-order valence-electron chi connectivity index (χ3n) is 3.45. The Morgan fingerprint density at radius 1 is 1.32 bits per heavy atom. The molecule has 1 N–H and O–H groups in total. The summed E-state index contributed by atoms with van der Waals surface area (Å²) >= 11 is 0. The van der Waals surface area contributed by atoms with Gasteiger partial charge in [0, 0.05) is 6.04 Å². The third-order valence-corrected chi connectivity index (χ3v) is 3.45. The maximum atomic E-state index is 14.0. The van der Waals surface area contributed by atoms with Crippen LogP contribution in [0.5, 0.6) is 5.75 Å². The van der Waals surface area contributed by atoms with Crippen molar-refractivity contribution >= 4 is 0 Å². The predicted octanol–water partition coefficient (Wildman–Crippen LogP) is 3.79. The van der Waals surface area contributed by atoms with Crippen LogP contribution >= 0.6 is 0 Å². The molecule has 0 heterocycles. The van der Waals surface area contributed by atoms with E-state index in [2.05, 4.69) is 26.1 Å². The van der Waals surface area contributed by atoms with Crippen molar-refractivity contribution in [3.63, 3.8) is 0 Å². The van der Waals surface area contributed by atoms with Gasteiger partial charge in [0.2, 0.25) is 0 Å². The highest BCUT2D eigenvalue weighted by molar-refractivity contribution is 5.31. The molecule has 0 aromatic heterocycles. The Bertz CT molecular complexity index is 379. The molecule has 108 valence electrons. The summed E-state index contributed by atoms with van der Waals surface area (Å²) in [5, 5.41) is 3.53. The van der Waals surface area contributed by atoms with Gasteiger partial charge in [0.05, 0.1) is 7.11 Å². The summed E-state index contributed by atoms with van der Waals surface area (Å²) in [5.41, 5.74) is 0.739. The maximum absolute atomic E-state index is 14.0. The number of ether oxygens (including phenoxy) is 1. The minimum atomic E-state index is -0.219. The normalized spacial score (nSPS) is 12.7. The summed E-state index contributed by atoms with van der Waals surface area (Å²) in [7, 11) is 1.50. The number of aryl methyl sites for hydroxylation is 1. The van der Waals surface area contributed by atoms with Gasteiger partial charge in [-0.2, -0.15) is 0 Å². The molecular weight excluding hydrogens is 241 g/mol. The van der Waals surface area contributed by atoms with Gasteiger partial charge in [-0.25, -0.2) is 4.39 Å². The second kappa shape index (κ2) is 8.16. The van der Waals surface area contributed by atoms with E-state index in [1.165, 1.54) is 7.11 Å². The summed E-state index contributed by atoms with van der Waals surface area (Å²) in [6.07, 6.45) is 2.81. The first-order valence-corrected chi connectivity index (χ1v) is 7.14. The number of rotatable bonds is 8. The lowest BCUT2D eigenvalue weighted by molar-refractivity contribution is 0.369. The number of hydrogen-bond donors (Lipinski definition) is 1. The Morgan fingerprint density at radius 3 is 2.63 bits per heavy atom. The Balaban J connectivity index is 2.63. The Hall–Kier alpha value is -1.09. The lowest BCUT2D eigenvalue weighted by Crippen LogP contribution is -2.34. The van der Waals surface area contributed by atoms with Gasteiger partial charge in [0.1, 0.15) is 0 Å². The van der Waals surface area contributed by atoms with Crippen molar-refractivity contribution in [3.8, 4) is 5.75 Å². The Kier molecular flexibility index (Phi) is 6.85. The zero-order valence-electron chi connectivity index (χ0n) is 12.5. The first-order chi connectivity index (χ1) is 9.10. The Morgan fingerprint density at radius 2 is 2.05 bits per heavy atom. The zero-order valence-corrected chi connectivity index (χ0v) is 12.5. The number of halogens is 1. The van der Waals surface area contributed by atoms with Gasteiger partial charge >= 0.3 is 0 Å². The van der Waals surface area contributed by atoms with Crippen LogP contribution in [0.3, 0.4) is 0 Å². The topological polar surface area (TPSA) is 21.3 Å². The highest BCUT2D eigenvalue weighted by Crippen LogP contribution is 2.22. The van der Waals surface area contributed by atoms with Crippen LogP contribution in [-0.4, -0.2) is 19.7 Å². The number of methoxy groups -OCH3 is 1. The molecular formula is C16H26FNO. The third kappa shape index (κ3) is 4.83. The van der Waals surface area contributed by atoms with Gasteiger partial charge < -0.3 is 10.1 Å². The first kappa shape index (κ1) is 16.0. The zero-order chi connectivity index (χ0) is 14.3. The number of hydrogen-bond acceptors (Lipinski definition) is 2. The molecule has 1 rings (SSSR count). The van der Waals surface area contributed by atoms with Crippen LogP contribution in [0.1, 0.15) is 39.2 Å². The van der Waals surface area contributed by atoms with E-state index in [0.717, 1.165) is 31.4 Å². The summed E-state index contributed by atoms with van der Waals surface area (Å²) in [6.45, 7) is 7.58. The van der Waals surface area contributed by atoms with E-state index in [1.807, 2.05) is 12.1 Å². The molecule has 0 aliphatic heterocycles. The van der Waals surface area contributed by atoms with E-state index < -0.39 is 0 Å². The van der Waals surface area contributed by atoms with Crippen molar-refractivity contribution in [3.05, 3.63) is 29.6 Å². The Labute approximate surface area is 116 Å². The molecule has 0 fully saturated rings. The van der Waals surface area contributed by atoms with Crippen LogP contribution in [0.15, 0.2) is 18.2 Å². The largest absolute Gasteiger partial charge is 0.494 e. The molecule has 0 saturated heterocycles. The van der Waals surface area contributed by atoms with E-state index in [4.69, 9.17) is 4.74 Å². The average Bonchev–Trinajstić information content (AvgIpc) is 2.40. The molecule has 0 radical (unpaired) electrons. The van der Waals surface area contributed by atoms with Crippen molar-refractivity contribution in [1.29, 1.82) is 0 Å². The van der Waals surface area contributed by atoms with E-state index in [9.17, 15) is 4.39 Å². The van der Waals surface area contributed by atoms with E-state index in [0.29, 0.717) is 17.7 Å². The molecule has 19 heavy (non-hydrogen) atoms. The summed E-state index contributed by atoms with van der Waals surface area (Å²) < 4.78 is 19.0. The maximum Gasteiger partial charge on any atom is 0.168 e. The SMILES string of the molecule is CCCNC(CCc1cccc(OC)c1F)C(C)C. The van der Waals surface area contributed by atoms with Gasteiger partial charge in [-0.05, 0) is 43.4 Å². The highest BCUT2D eigenvalue weighted by Gasteiger charge is 2.14. The molecule has 1 aromatic rings. The van der Waals surface area contributed by atoms with Gasteiger partial charge in [0.25, 0.3) is 0 Å². The van der Waals surface area contributed by atoms with Gasteiger partial charge in [-0.15, -0.1) is 0 Å². The van der Waals surface area contributed by atoms with Crippen LogP contribution < -0.4 is 10.1 Å². The van der Waals surface area contributed by atoms with Crippen molar-refractivity contribution in [2.75, 3.05) is 13.7 Å².